The molecule has 8 atom stereocenters. The van der Waals surface area contributed by atoms with Crippen LogP contribution in [0.3, 0.4) is 0 Å². The molecular weight excluding hydrogens is 288 g/mol. The van der Waals surface area contributed by atoms with Gasteiger partial charge in [-0.15, -0.1) is 0 Å². The SMILES string of the molecule is C[C@H]1C[C@H]2[C@@H]3CC[C@@H]4C[C@H](O)CC[C@]4(C)[C@@H]3CC[C@]2(C)OC1=O. The van der Waals surface area contributed by atoms with Gasteiger partial charge in [-0.1, -0.05) is 13.8 Å². The van der Waals surface area contributed by atoms with Crippen molar-refractivity contribution in [1.82, 2.24) is 0 Å². The fraction of sp³-hybridized carbons (Fsp3) is 0.950. The Morgan fingerprint density at radius 3 is 2.61 bits per heavy atom. The molecule has 0 unspecified atom stereocenters. The van der Waals surface area contributed by atoms with Gasteiger partial charge in [0.1, 0.15) is 5.60 Å². The molecule has 0 spiro atoms. The number of rotatable bonds is 0. The molecule has 130 valence electrons. The number of esters is 1. The van der Waals surface area contributed by atoms with Gasteiger partial charge in [-0.05, 0) is 81.5 Å². The van der Waals surface area contributed by atoms with Gasteiger partial charge in [0.05, 0.1) is 12.0 Å². The molecule has 1 saturated heterocycles. The summed E-state index contributed by atoms with van der Waals surface area (Å²) in [5.74, 6) is 2.78. The van der Waals surface area contributed by atoms with E-state index in [4.69, 9.17) is 4.74 Å². The van der Waals surface area contributed by atoms with E-state index in [0.717, 1.165) is 31.6 Å². The molecule has 0 bridgehead atoms. The van der Waals surface area contributed by atoms with Crippen LogP contribution in [0, 0.1) is 35.0 Å². The lowest BCUT2D eigenvalue weighted by atomic mass is 9.45. The van der Waals surface area contributed by atoms with E-state index in [-0.39, 0.29) is 23.6 Å². The zero-order valence-electron chi connectivity index (χ0n) is 14.9. The highest BCUT2D eigenvalue weighted by Gasteiger charge is 2.59. The number of hydrogen-bond donors (Lipinski definition) is 1. The van der Waals surface area contributed by atoms with Gasteiger partial charge < -0.3 is 9.84 Å². The Morgan fingerprint density at radius 1 is 1.04 bits per heavy atom. The zero-order chi connectivity index (χ0) is 16.4. The molecule has 0 aromatic rings. The van der Waals surface area contributed by atoms with E-state index in [1.54, 1.807) is 0 Å². The molecule has 0 aromatic carbocycles. The third-order valence-electron chi connectivity index (χ3n) is 8.31. The van der Waals surface area contributed by atoms with Crippen LogP contribution >= 0.6 is 0 Å². The zero-order valence-corrected chi connectivity index (χ0v) is 14.9. The highest BCUT2D eigenvalue weighted by Crippen LogP contribution is 2.63. The van der Waals surface area contributed by atoms with Gasteiger partial charge in [-0.3, -0.25) is 4.79 Å². The average Bonchev–Trinajstić information content (AvgIpc) is 2.49. The van der Waals surface area contributed by atoms with Crippen molar-refractivity contribution in [2.24, 2.45) is 35.0 Å². The van der Waals surface area contributed by atoms with Crippen LogP contribution in [-0.4, -0.2) is 22.8 Å². The van der Waals surface area contributed by atoms with Gasteiger partial charge in [0.2, 0.25) is 0 Å². The molecule has 4 rings (SSSR count). The number of aliphatic hydroxyl groups excluding tert-OH is 1. The van der Waals surface area contributed by atoms with E-state index in [9.17, 15) is 9.90 Å². The summed E-state index contributed by atoms with van der Waals surface area (Å²) in [6, 6.07) is 0. The minimum Gasteiger partial charge on any atom is -0.459 e. The second-order valence-electron chi connectivity index (χ2n) is 9.49. The Labute approximate surface area is 140 Å². The van der Waals surface area contributed by atoms with Gasteiger partial charge in [-0.25, -0.2) is 0 Å². The summed E-state index contributed by atoms with van der Waals surface area (Å²) in [7, 11) is 0. The fourth-order valence-corrected chi connectivity index (χ4v) is 6.88. The minimum absolute atomic E-state index is 0.0166. The standard InChI is InChI=1S/C20H32O3/c1-12-10-17-15-5-4-13-11-14(21)6-8-19(13,2)16(15)7-9-20(17,3)23-18(12)22/h12-17,21H,4-11H2,1-3H3/t12-,13+,14+,15+,16+,17-,19-,20-/m0/s1. The van der Waals surface area contributed by atoms with E-state index < -0.39 is 0 Å². The fourth-order valence-electron chi connectivity index (χ4n) is 6.88. The lowest BCUT2D eigenvalue weighted by Gasteiger charge is -2.62. The lowest BCUT2D eigenvalue weighted by Crippen LogP contribution is -2.59. The maximum atomic E-state index is 12.1. The second-order valence-corrected chi connectivity index (χ2v) is 9.49. The number of fused-ring (bicyclic) bond motifs is 5. The van der Waals surface area contributed by atoms with Crippen molar-refractivity contribution in [3.05, 3.63) is 0 Å². The molecule has 4 fully saturated rings. The molecular formula is C20H32O3. The van der Waals surface area contributed by atoms with Crippen molar-refractivity contribution in [1.29, 1.82) is 0 Å². The van der Waals surface area contributed by atoms with Gasteiger partial charge in [0.15, 0.2) is 0 Å². The van der Waals surface area contributed by atoms with Crippen LogP contribution in [0.25, 0.3) is 0 Å². The molecule has 1 aliphatic heterocycles. The van der Waals surface area contributed by atoms with E-state index >= 15 is 0 Å². The largest absolute Gasteiger partial charge is 0.459 e. The summed E-state index contributed by atoms with van der Waals surface area (Å²) < 4.78 is 5.95. The van der Waals surface area contributed by atoms with Crippen molar-refractivity contribution in [3.63, 3.8) is 0 Å². The Balaban J connectivity index is 1.62. The summed E-state index contributed by atoms with van der Waals surface area (Å²) in [6.07, 6.45) is 8.85. The van der Waals surface area contributed by atoms with E-state index in [1.807, 2.05) is 6.92 Å². The Morgan fingerprint density at radius 2 is 1.83 bits per heavy atom. The molecule has 3 heteroatoms. The molecule has 3 nitrogen and oxygen atoms in total. The quantitative estimate of drug-likeness (QED) is 0.688. The first-order valence-corrected chi connectivity index (χ1v) is 9.74. The normalized spacial score (nSPS) is 56.1. The molecule has 23 heavy (non-hydrogen) atoms. The van der Waals surface area contributed by atoms with E-state index in [0.29, 0.717) is 23.2 Å². The maximum absolute atomic E-state index is 12.1. The summed E-state index contributed by atoms with van der Waals surface area (Å²) >= 11 is 0. The Bertz CT molecular complexity index is 503. The lowest BCUT2D eigenvalue weighted by molar-refractivity contribution is -0.211. The average molecular weight is 320 g/mol. The van der Waals surface area contributed by atoms with Crippen LogP contribution in [0.4, 0.5) is 0 Å². The third kappa shape index (κ3) is 2.29. The Kier molecular flexibility index (Phi) is 3.61. The first-order chi connectivity index (χ1) is 10.8. The summed E-state index contributed by atoms with van der Waals surface area (Å²) in [6.45, 7) is 6.73. The van der Waals surface area contributed by atoms with E-state index in [2.05, 4.69) is 13.8 Å². The highest BCUT2D eigenvalue weighted by atomic mass is 16.6. The molecule has 0 amide bonds. The molecule has 0 radical (unpaired) electrons. The van der Waals surface area contributed by atoms with Crippen LogP contribution in [0.5, 0.6) is 0 Å². The number of carbonyl (C=O) groups excluding carboxylic acids is 1. The highest BCUT2D eigenvalue weighted by molar-refractivity contribution is 5.73. The van der Waals surface area contributed by atoms with Gasteiger partial charge in [0.25, 0.3) is 0 Å². The molecule has 1 heterocycles. The monoisotopic (exact) mass is 320 g/mol. The van der Waals surface area contributed by atoms with Crippen LogP contribution in [0.15, 0.2) is 0 Å². The predicted molar refractivity (Wildman–Crippen MR) is 88.7 cm³/mol. The maximum Gasteiger partial charge on any atom is 0.309 e. The Hall–Kier alpha value is -0.570. The minimum atomic E-state index is -0.220. The smallest absolute Gasteiger partial charge is 0.309 e. The number of carbonyl (C=O) groups is 1. The topological polar surface area (TPSA) is 46.5 Å². The van der Waals surface area contributed by atoms with Crippen LogP contribution < -0.4 is 0 Å². The molecule has 3 saturated carbocycles. The van der Waals surface area contributed by atoms with Gasteiger partial charge in [-0.2, -0.15) is 0 Å². The predicted octanol–water partition coefficient (Wildman–Crippen LogP) is 3.93. The molecule has 0 aromatic heterocycles. The van der Waals surface area contributed by atoms with Crippen molar-refractivity contribution in [2.45, 2.75) is 83.8 Å². The molecule has 4 aliphatic rings. The number of hydrogen-bond acceptors (Lipinski definition) is 3. The number of ether oxygens (including phenoxy) is 1. The van der Waals surface area contributed by atoms with Crippen molar-refractivity contribution in [2.75, 3.05) is 0 Å². The van der Waals surface area contributed by atoms with Crippen LogP contribution in [0.1, 0.15) is 72.1 Å². The summed E-state index contributed by atoms with van der Waals surface area (Å²) in [5.41, 5.74) is 0.177. The first-order valence-electron chi connectivity index (χ1n) is 9.74. The molecule has 3 aliphatic carbocycles. The second kappa shape index (κ2) is 5.21. The third-order valence-corrected chi connectivity index (χ3v) is 8.31. The van der Waals surface area contributed by atoms with E-state index in [1.165, 1.54) is 25.7 Å². The summed E-state index contributed by atoms with van der Waals surface area (Å²) in [5, 5.41) is 10.1. The number of aliphatic hydroxyl groups is 1. The van der Waals surface area contributed by atoms with Crippen molar-refractivity contribution < 1.29 is 14.6 Å². The van der Waals surface area contributed by atoms with Gasteiger partial charge >= 0.3 is 5.97 Å². The van der Waals surface area contributed by atoms with Gasteiger partial charge in [0, 0.05) is 5.92 Å². The summed E-state index contributed by atoms with van der Waals surface area (Å²) in [4.78, 5) is 12.1. The van der Waals surface area contributed by atoms with Crippen LogP contribution in [0.2, 0.25) is 0 Å². The molecule has 1 N–H and O–H groups in total. The van der Waals surface area contributed by atoms with Crippen molar-refractivity contribution >= 4 is 5.97 Å². The van der Waals surface area contributed by atoms with Crippen LogP contribution in [-0.2, 0) is 9.53 Å². The van der Waals surface area contributed by atoms with Crippen molar-refractivity contribution in [3.8, 4) is 0 Å². The first kappa shape index (κ1) is 15.9.